The van der Waals surface area contributed by atoms with Crippen molar-refractivity contribution in [2.75, 3.05) is 0 Å². The van der Waals surface area contributed by atoms with Crippen LogP contribution in [-0.2, 0) is 12.2 Å². The van der Waals surface area contributed by atoms with Crippen molar-refractivity contribution in [1.29, 1.82) is 0 Å². The highest BCUT2D eigenvalue weighted by Gasteiger charge is 2.15. The molecule has 5 nitrogen and oxygen atoms in total. The summed E-state index contributed by atoms with van der Waals surface area (Å²) in [6.07, 6.45) is 0. The Morgan fingerprint density at radius 1 is 1.00 bits per heavy atom. The summed E-state index contributed by atoms with van der Waals surface area (Å²) in [7, 11) is 0. The molecule has 23 heavy (non-hydrogen) atoms. The smallest absolute Gasteiger partial charge is 0.254 e. The zero-order valence-electron chi connectivity index (χ0n) is 13.1. The molecule has 3 aromatic rings. The molecule has 0 saturated heterocycles. The molecule has 0 unspecified atom stereocenters. The number of rotatable bonds is 5. The summed E-state index contributed by atoms with van der Waals surface area (Å²) in [5.41, 5.74) is 0.838. The highest BCUT2D eigenvalue weighted by molar-refractivity contribution is 5.51. The van der Waals surface area contributed by atoms with Crippen molar-refractivity contribution >= 4 is 0 Å². The fraction of sp³-hybridized carbons (Fsp3) is 0.222. The van der Waals surface area contributed by atoms with Crippen LogP contribution >= 0.6 is 0 Å². The molecule has 118 valence electrons. The van der Waals surface area contributed by atoms with Gasteiger partial charge in [-0.25, -0.2) is 0 Å². The zero-order chi connectivity index (χ0) is 16.3. The standard InChI is InChI=1S/C18H18N2O3/c1-18(2,21)14-8-10-15(11-9-14)22-12-16-19-20-17(23-16)13-6-4-3-5-7-13/h3-11,21H,12H2,1-2H3. The van der Waals surface area contributed by atoms with Gasteiger partial charge < -0.3 is 14.3 Å². The van der Waals surface area contributed by atoms with E-state index in [1.54, 1.807) is 13.8 Å². The van der Waals surface area contributed by atoms with Crippen LogP contribution in [0, 0.1) is 0 Å². The van der Waals surface area contributed by atoms with Crippen molar-refractivity contribution in [3.8, 4) is 17.2 Å². The van der Waals surface area contributed by atoms with Gasteiger partial charge in [-0.3, -0.25) is 0 Å². The minimum Gasteiger partial charge on any atom is -0.484 e. The van der Waals surface area contributed by atoms with Crippen molar-refractivity contribution in [2.24, 2.45) is 0 Å². The van der Waals surface area contributed by atoms with Gasteiger partial charge in [0, 0.05) is 5.56 Å². The SMILES string of the molecule is CC(C)(O)c1ccc(OCc2nnc(-c3ccccc3)o2)cc1. The molecule has 1 N–H and O–H groups in total. The summed E-state index contributed by atoms with van der Waals surface area (Å²) in [6, 6.07) is 16.9. The van der Waals surface area contributed by atoms with E-state index >= 15 is 0 Å². The number of aromatic nitrogens is 2. The van der Waals surface area contributed by atoms with Crippen LogP contribution in [0.5, 0.6) is 5.75 Å². The van der Waals surface area contributed by atoms with E-state index in [4.69, 9.17) is 9.15 Å². The number of benzene rings is 2. The second-order valence-corrected chi connectivity index (χ2v) is 5.74. The van der Waals surface area contributed by atoms with Crippen molar-refractivity contribution in [2.45, 2.75) is 26.1 Å². The van der Waals surface area contributed by atoms with Gasteiger partial charge in [0.05, 0.1) is 5.60 Å². The van der Waals surface area contributed by atoms with E-state index in [1.807, 2.05) is 54.6 Å². The fourth-order valence-corrected chi connectivity index (χ4v) is 2.11. The first kappa shape index (κ1) is 15.2. The minimum absolute atomic E-state index is 0.196. The first-order valence-electron chi connectivity index (χ1n) is 7.36. The fourth-order valence-electron chi connectivity index (χ4n) is 2.11. The molecule has 0 bridgehead atoms. The monoisotopic (exact) mass is 310 g/mol. The number of aliphatic hydroxyl groups is 1. The maximum absolute atomic E-state index is 9.92. The van der Waals surface area contributed by atoms with Gasteiger partial charge >= 0.3 is 0 Å². The Morgan fingerprint density at radius 3 is 2.35 bits per heavy atom. The quantitative estimate of drug-likeness (QED) is 0.780. The molecule has 2 aromatic carbocycles. The lowest BCUT2D eigenvalue weighted by atomic mass is 9.99. The molecule has 0 aliphatic rings. The molecule has 1 heterocycles. The van der Waals surface area contributed by atoms with Crippen LogP contribution in [0.25, 0.3) is 11.5 Å². The van der Waals surface area contributed by atoms with Gasteiger partial charge in [-0.05, 0) is 43.7 Å². The summed E-state index contributed by atoms with van der Waals surface area (Å²) in [6.45, 7) is 3.68. The summed E-state index contributed by atoms with van der Waals surface area (Å²) in [4.78, 5) is 0. The highest BCUT2D eigenvalue weighted by Crippen LogP contribution is 2.23. The summed E-state index contributed by atoms with van der Waals surface area (Å²) < 4.78 is 11.2. The van der Waals surface area contributed by atoms with Gasteiger partial charge in [0.25, 0.3) is 5.89 Å². The number of hydrogen-bond donors (Lipinski definition) is 1. The topological polar surface area (TPSA) is 68.4 Å². The van der Waals surface area contributed by atoms with Crippen LogP contribution < -0.4 is 4.74 Å². The van der Waals surface area contributed by atoms with E-state index in [9.17, 15) is 5.11 Å². The van der Waals surface area contributed by atoms with Crippen molar-refractivity contribution < 1.29 is 14.3 Å². The lowest BCUT2D eigenvalue weighted by Gasteiger charge is -2.17. The third-order valence-electron chi connectivity index (χ3n) is 3.41. The van der Waals surface area contributed by atoms with Crippen LogP contribution in [0.3, 0.4) is 0 Å². The van der Waals surface area contributed by atoms with E-state index in [2.05, 4.69) is 10.2 Å². The molecule has 0 atom stereocenters. The normalized spacial score (nSPS) is 11.4. The summed E-state index contributed by atoms with van der Waals surface area (Å²) in [5, 5.41) is 17.9. The second kappa shape index (κ2) is 6.22. The molecule has 0 amide bonds. The molecular formula is C18H18N2O3. The van der Waals surface area contributed by atoms with Crippen LogP contribution in [-0.4, -0.2) is 15.3 Å². The van der Waals surface area contributed by atoms with Crippen LogP contribution in [0.4, 0.5) is 0 Å². The van der Waals surface area contributed by atoms with Crippen molar-refractivity contribution in [1.82, 2.24) is 10.2 Å². The van der Waals surface area contributed by atoms with Gasteiger partial charge in [-0.15, -0.1) is 10.2 Å². The van der Waals surface area contributed by atoms with Crippen LogP contribution in [0.15, 0.2) is 59.0 Å². The Labute approximate surface area is 134 Å². The van der Waals surface area contributed by atoms with E-state index < -0.39 is 5.60 Å². The molecule has 0 radical (unpaired) electrons. The lowest BCUT2D eigenvalue weighted by molar-refractivity contribution is 0.0785. The van der Waals surface area contributed by atoms with E-state index in [-0.39, 0.29) is 6.61 Å². The molecule has 1 aromatic heterocycles. The van der Waals surface area contributed by atoms with Crippen molar-refractivity contribution in [3.63, 3.8) is 0 Å². The molecule has 0 aliphatic carbocycles. The molecular weight excluding hydrogens is 292 g/mol. The van der Waals surface area contributed by atoms with Gasteiger partial charge in [-0.2, -0.15) is 0 Å². The van der Waals surface area contributed by atoms with Gasteiger partial charge in [0.2, 0.25) is 5.89 Å². The molecule has 0 spiro atoms. The first-order valence-corrected chi connectivity index (χ1v) is 7.36. The maximum atomic E-state index is 9.92. The highest BCUT2D eigenvalue weighted by atomic mass is 16.5. The molecule has 3 rings (SSSR count). The third kappa shape index (κ3) is 3.76. The average molecular weight is 310 g/mol. The van der Waals surface area contributed by atoms with E-state index in [0.717, 1.165) is 11.1 Å². The van der Waals surface area contributed by atoms with E-state index in [0.29, 0.717) is 17.5 Å². The summed E-state index contributed by atoms with van der Waals surface area (Å²) in [5.74, 6) is 1.56. The number of nitrogens with zero attached hydrogens (tertiary/aromatic N) is 2. The van der Waals surface area contributed by atoms with Crippen molar-refractivity contribution in [3.05, 3.63) is 66.1 Å². The summed E-state index contributed by atoms with van der Waals surface area (Å²) >= 11 is 0. The Kier molecular flexibility index (Phi) is 4.12. The molecule has 0 aliphatic heterocycles. The Hall–Kier alpha value is -2.66. The van der Waals surface area contributed by atoms with Gasteiger partial charge in [-0.1, -0.05) is 30.3 Å². The first-order chi connectivity index (χ1) is 11.0. The average Bonchev–Trinajstić information content (AvgIpc) is 3.02. The van der Waals surface area contributed by atoms with Crippen LogP contribution in [0.1, 0.15) is 25.3 Å². The predicted molar refractivity (Wildman–Crippen MR) is 85.8 cm³/mol. The van der Waals surface area contributed by atoms with Crippen LogP contribution in [0.2, 0.25) is 0 Å². The molecule has 0 saturated carbocycles. The lowest BCUT2D eigenvalue weighted by Crippen LogP contribution is -2.14. The maximum Gasteiger partial charge on any atom is 0.254 e. The Balaban J connectivity index is 1.64. The Bertz CT molecular complexity index is 759. The Morgan fingerprint density at radius 2 is 1.70 bits per heavy atom. The van der Waals surface area contributed by atoms with Gasteiger partial charge in [0.15, 0.2) is 6.61 Å². The second-order valence-electron chi connectivity index (χ2n) is 5.74. The third-order valence-corrected chi connectivity index (χ3v) is 3.41. The minimum atomic E-state index is -0.865. The number of ether oxygens (including phenoxy) is 1. The van der Waals surface area contributed by atoms with Gasteiger partial charge in [0.1, 0.15) is 5.75 Å². The molecule has 0 fully saturated rings. The molecule has 5 heteroatoms. The predicted octanol–water partition coefficient (Wildman–Crippen LogP) is 3.54. The van der Waals surface area contributed by atoms with E-state index in [1.165, 1.54) is 0 Å². The largest absolute Gasteiger partial charge is 0.484 e. The number of hydrogen-bond acceptors (Lipinski definition) is 5. The zero-order valence-corrected chi connectivity index (χ0v) is 13.1.